The molecule has 0 saturated heterocycles. The fraction of sp³-hybridized carbons (Fsp3) is 0.111. The van der Waals surface area contributed by atoms with Crippen molar-refractivity contribution in [1.82, 2.24) is 0 Å². The quantitative estimate of drug-likeness (QED) is 0.657. The Kier molecular flexibility index (Phi) is 3.10. The van der Waals surface area contributed by atoms with Crippen molar-refractivity contribution in [3.05, 3.63) is 83.4 Å². The topological polar surface area (TPSA) is 0 Å². The maximum absolute atomic E-state index is 2.34. The van der Waals surface area contributed by atoms with Gasteiger partial charge in [-0.05, 0) is 41.2 Å². The first-order valence-electron chi connectivity index (χ1n) is 6.45. The van der Waals surface area contributed by atoms with Crippen LogP contribution in [0.3, 0.4) is 0 Å². The summed E-state index contributed by atoms with van der Waals surface area (Å²) in [5.41, 5.74) is 5.43. The minimum atomic E-state index is 1.20. The van der Waals surface area contributed by atoms with Crippen molar-refractivity contribution in [3.8, 4) is 0 Å². The lowest BCUT2D eigenvalue weighted by Gasteiger charge is -2.18. The Balaban J connectivity index is 2.04. The molecule has 0 atom stereocenters. The minimum Gasteiger partial charge on any atom is -0.0804 e. The lowest BCUT2D eigenvalue weighted by Crippen LogP contribution is -1.97. The number of allylic oxidation sites excluding steroid dienone is 3. The molecule has 0 spiro atoms. The van der Waals surface area contributed by atoms with Gasteiger partial charge in [-0.1, -0.05) is 66.7 Å². The van der Waals surface area contributed by atoms with Crippen LogP contribution in [-0.2, 0) is 0 Å². The van der Waals surface area contributed by atoms with Gasteiger partial charge < -0.3 is 0 Å². The summed E-state index contributed by atoms with van der Waals surface area (Å²) in [6.45, 7) is 0. The van der Waals surface area contributed by atoms with Crippen LogP contribution in [0.15, 0.2) is 72.3 Å². The maximum Gasteiger partial charge on any atom is -0.0149 e. The summed E-state index contributed by atoms with van der Waals surface area (Å²) in [4.78, 5) is 0. The minimum absolute atomic E-state index is 1.20. The van der Waals surface area contributed by atoms with Gasteiger partial charge in [0.05, 0.1) is 0 Å². The molecule has 0 heterocycles. The van der Waals surface area contributed by atoms with Crippen LogP contribution in [0.5, 0.6) is 0 Å². The molecule has 2 aromatic rings. The summed E-state index contributed by atoms with van der Waals surface area (Å²) < 4.78 is 0. The number of hydrogen-bond acceptors (Lipinski definition) is 0. The van der Waals surface area contributed by atoms with E-state index in [1.165, 1.54) is 35.1 Å². The van der Waals surface area contributed by atoms with Gasteiger partial charge in [0.1, 0.15) is 0 Å². The van der Waals surface area contributed by atoms with E-state index in [2.05, 4.69) is 72.8 Å². The van der Waals surface area contributed by atoms with Gasteiger partial charge in [-0.15, -0.1) is 0 Å². The summed E-state index contributed by atoms with van der Waals surface area (Å²) in [7, 11) is 0. The van der Waals surface area contributed by atoms with Crippen LogP contribution >= 0.6 is 0 Å². The molecule has 0 N–H and O–H groups in total. The average Bonchev–Trinajstić information content (AvgIpc) is 2.38. The Morgan fingerprint density at radius 1 is 0.833 bits per heavy atom. The Labute approximate surface area is 108 Å². The van der Waals surface area contributed by atoms with Gasteiger partial charge in [-0.2, -0.15) is 0 Å². The Hall–Kier alpha value is -2.08. The van der Waals surface area contributed by atoms with E-state index in [4.69, 9.17) is 0 Å². The largest absolute Gasteiger partial charge is 0.0804 e. The highest BCUT2D eigenvalue weighted by Gasteiger charge is 2.12. The molecule has 0 bridgehead atoms. The van der Waals surface area contributed by atoms with E-state index in [0.717, 1.165) is 0 Å². The van der Waals surface area contributed by atoms with Gasteiger partial charge in [0, 0.05) is 0 Å². The molecule has 0 fully saturated rings. The monoisotopic (exact) mass is 232 g/mol. The maximum atomic E-state index is 2.34. The second kappa shape index (κ2) is 5.05. The predicted molar refractivity (Wildman–Crippen MR) is 78.1 cm³/mol. The lowest BCUT2D eigenvalue weighted by molar-refractivity contribution is 0.914. The van der Waals surface area contributed by atoms with Crippen LogP contribution in [0.25, 0.3) is 11.6 Å². The van der Waals surface area contributed by atoms with Crippen LogP contribution in [-0.4, -0.2) is 0 Å². The van der Waals surface area contributed by atoms with Gasteiger partial charge >= 0.3 is 0 Å². The molecule has 0 amide bonds. The number of benzene rings is 2. The van der Waals surface area contributed by atoms with E-state index < -0.39 is 0 Å². The lowest BCUT2D eigenvalue weighted by atomic mass is 9.86. The van der Waals surface area contributed by atoms with Crippen molar-refractivity contribution in [1.29, 1.82) is 0 Å². The number of hydrogen-bond donors (Lipinski definition) is 0. The first-order valence-corrected chi connectivity index (χ1v) is 6.45. The zero-order valence-electron chi connectivity index (χ0n) is 10.3. The third-order valence-electron chi connectivity index (χ3n) is 3.35. The van der Waals surface area contributed by atoms with Crippen molar-refractivity contribution in [2.45, 2.75) is 12.8 Å². The third kappa shape index (κ3) is 2.28. The molecule has 2 aromatic carbocycles. The van der Waals surface area contributed by atoms with Crippen molar-refractivity contribution in [2.75, 3.05) is 0 Å². The molecule has 0 saturated carbocycles. The molecular formula is C18H16. The zero-order chi connectivity index (χ0) is 12.2. The van der Waals surface area contributed by atoms with Crippen LogP contribution in [0, 0.1) is 0 Å². The Morgan fingerprint density at radius 2 is 1.44 bits per heavy atom. The summed E-state index contributed by atoms with van der Waals surface area (Å²) >= 11 is 0. The van der Waals surface area contributed by atoms with E-state index in [9.17, 15) is 0 Å². The average molecular weight is 232 g/mol. The zero-order valence-corrected chi connectivity index (χ0v) is 10.3. The van der Waals surface area contributed by atoms with Crippen LogP contribution in [0.2, 0.25) is 0 Å². The number of rotatable bonds is 3. The molecule has 0 aromatic heterocycles. The van der Waals surface area contributed by atoms with Crippen molar-refractivity contribution < 1.29 is 0 Å². The van der Waals surface area contributed by atoms with E-state index in [-0.39, 0.29) is 0 Å². The van der Waals surface area contributed by atoms with Crippen molar-refractivity contribution in [3.63, 3.8) is 0 Å². The Morgan fingerprint density at radius 3 is 2.00 bits per heavy atom. The van der Waals surface area contributed by atoms with Crippen LogP contribution in [0.1, 0.15) is 24.0 Å². The van der Waals surface area contributed by atoms with Gasteiger partial charge in [0.15, 0.2) is 0 Å². The molecule has 1 aliphatic carbocycles. The standard InChI is InChI=1S/C18H16/c1-3-8-15(9-4-1)14-18(17-12-7-13-17)16-10-5-2-6-11-16/h1-6,8-12,14H,7,13H2/b18-14+. The summed E-state index contributed by atoms with van der Waals surface area (Å²) in [5.74, 6) is 0. The highest BCUT2D eigenvalue weighted by Crippen LogP contribution is 2.34. The SMILES string of the molecule is C1=C(/C(=C/c2ccccc2)c2ccccc2)CC1. The Bertz CT molecular complexity index is 574. The molecule has 3 rings (SSSR count). The molecule has 0 unspecified atom stereocenters. The molecule has 0 radical (unpaired) electrons. The molecule has 0 nitrogen and oxygen atoms in total. The second-order valence-corrected chi connectivity index (χ2v) is 4.60. The molecular weight excluding hydrogens is 216 g/mol. The fourth-order valence-electron chi connectivity index (χ4n) is 2.23. The molecule has 1 aliphatic rings. The van der Waals surface area contributed by atoms with Gasteiger partial charge in [0.25, 0.3) is 0 Å². The van der Waals surface area contributed by atoms with Crippen LogP contribution < -0.4 is 0 Å². The highest BCUT2D eigenvalue weighted by atomic mass is 14.2. The van der Waals surface area contributed by atoms with Gasteiger partial charge in [-0.3, -0.25) is 0 Å². The van der Waals surface area contributed by atoms with Crippen LogP contribution in [0.4, 0.5) is 0 Å². The predicted octanol–water partition coefficient (Wildman–Crippen LogP) is 4.95. The van der Waals surface area contributed by atoms with E-state index in [1.54, 1.807) is 0 Å². The van der Waals surface area contributed by atoms with E-state index in [1.807, 2.05) is 0 Å². The summed E-state index contributed by atoms with van der Waals surface area (Å²) in [6.07, 6.45) is 7.05. The van der Waals surface area contributed by atoms with Gasteiger partial charge in [0.2, 0.25) is 0 Å². The van der Waals surface area contributed by atoms with E-state index in [0.29, 0.717) is 0 Å². The smallest absolute Gasteiger partial charge is 0.0149 e. The molecule has 0 aliphatic heterocycles. The van der Waals surface area contributed by atoms with Crippen molar-refractivity contribution >= 4 is 11.6 Å². The molecule has 18 heavy (non-hydrogen) atoms. The molecule has 0 heteroatoms. The fourth-order valence-corrected chi connectivity index (χ4v) is 2.23. The normalized spacial score (nSPS) is 14.9. The first-order chi connectivity index (χ1) is 8.93. The molecule has 88 valence electrons. The van der Waals surface area contributed by atoms with E-state index >= 15 is 0 Å². The summed E-state index contributed by atoms with van der Waals surface area (Å²) in [5, 5.41) is 0. The van der Waals surface area contributed by atoms with Gasteiger partial charge in [-0.25, -0.2) is 0 Å². The first kappa shape index (κ1) is 11.0. The highest BCUT2D eigenvalue weighted by molar-refractivity contribution is 5.91. The summed E-state index contributed by atoms with van der Waals surface area (Å²) in [6, 6.07) is 21.2. The third-order valence-corrected chi connectivity index (χ3v) is 3.35. The second-order valence-electron chi connectivity index (χ2n) is 4.60. The van der Waals surface area contributed by atoms with Crippen molar-refractivity contribution in [2.24, 2.45) is 0 Å².